The highest BCUT2D eigenvalue weighted by Crippen LogP contribution is 2.27. The van der Waals surface area contributed by atoms with Gasteiger partial charge in [-0.1, -0.05) is 45.4 Å². The Morgan fingerprint density at radius 2 is 1.68 bits per heavy atom. The molecule has 1 N–H and O–H groups in total. The first-order chi connectivity index (χ1) is 10.0. The van der Waals surface area contributed by atoms with Crippen LogP contribution in [0.5, 0.6) is 5.75 Å². The van der Waals surface area contributed by atoms with E-state index in [9.17, 15) is 4.79 Å². The average Bonchev–Trinajstić information content (AvgIpc) is 2.34. The molecule has 0 saturated carbocycles. The van der Waals surface area contributed by atoms with Crippen molar-refractivity contribution in [2.45, 2.75) is 73.0 Å². The Balaban J connectivity index is 2.70. The van der Waals surface area contributed by atoms with Crippen molar-refractivity contribution in [3.8, 4) is 5.75 Å². The highest BCUT2D eigenvalue weighted by atomic mass is 16.5. The van der Waals surface area contributed by atoms with Gasteiger partial charge < -0.3 is 10.1 Å². The van der Waals surface area contributed by atoms with Crippen molar-refractivity contribution >= 4 is 5.91 Å². The second kappa shape index (κ2) is 7.17. The fourth-order valence-electron chi connectivity index (χ4n) is 2.89. The largest absolute Gasteiger partial charge is 0.481 e. The molecule has 22 heavy (non-hydrogen) atoms. The van der Waals surface area contributed by atoms with Crippen LogP contribution in [0.3, 0.4) is 0 Å². The summed E-state index contributed by atoms with van der Waals surface area (Å²) < 4.78 is 5.84. The van der Waals surface area contributed by atoms with Crippen molar-refractivity contribution in [2.24, 2.45) is 5.41 Å². The number of hydrogen-bond donors (Lipinski definition) is 1. The van der Waals surface area contributed by atoms with E-state index in [-0.39, 0.29) is 16.9 Å². The predicted molar refractivity (Wildman–Crippen MR) is 92.2 cm³/mol. The predicted octanol–water partition coefficient (Wildman–Crippen LogP) is 4.48. The number of rotatable bonds is 6. The molecular weight excluding hydrogens is 274 g/mol. The Kier molecular flexibility index (Phi) is 6.04. The lowest BCUT2D eigenvalue weighted by Gasteiger charge is -2.34. The summed E-state index contributed by atoms with van der Waals surface area (Å²) in [5.41, 5.74) is 1.09. The van der Waals surface area contributed by atoms with Crippen LogP contribution in [0.2, 0.25) is 0 Å². The molecular formula is C19H31NO2. The maximum Gasteiger partial charge on any atom is 0.261 e. The Bertz CT molecular complexity index is 483. The van der Waals surface area contributed by atoms with Gasteiger partial charge in [0.15, 0.2) is 6.10 Å². The first-order valence-corrected chi connectivity index (χ1v) is 8.08. The normalized spacial score (nSPS) is 13.6. The fourth-order valence-corrected chi connectivity index (χ4v) is 2.89. The van der Waals surface area contributed by atoms with Crippen LogP contribution in [0, 0.1) is 12.3 Å². The van der Waals surface area contributed by atoms with Gasteiger partial charge in [-0.3, -0.25) is 4.79 Å². The molecule has 0 spiro atoms. The minimum absolute atomic E-state index is 0.0441. The summed E-state index contributed by atoms with van der Waals surface area (Å²) in [7, 11) is 0. The summed E-state index contributed by atoms with van der Waals surface area (Å²) in [6, 6.07) is 7.80. The number of ether oxygens (including phenoxy) is 1. The third-order valence-electron chi connectivity index (χ3n) is 3.40. The van der Waals surface area contributed by atoms with Crippen LogP contribution >= 0.6 is 0 Å². The highest BCUT2D eigenvalue weighted by Gasteiger charge is 2.30. The summed E-state index contributed by atoms with van der Waals surface area (Å²) in [5, 5.41) is 3.13. The van der Waals surface area contributed by atoms with Crippen LogP contribution in [0.4, 0.5) is 0 Å². The molecule has 0 aromatic heterocycles. The third kappa shape index (κ3) is 6.50. The van der Waals surface area contributed by atoms with Crippen LogP contribution in [0.25, 0.3) is 0 Å². The zero-order chi connectivity index (χ0) is 17.0. The van der Waals surface area contributed by atoms with Gasteiger partial charge in [0.25, 0.3) is 5.91 Å². The third-order valence-corrected chi connectivity index (χ3v) is 3.40. The quantitative estimate of drug-likeness (QED) is 0.841. The molecule has 0 aliphatic rings. The van der Waals surface area contributed by atoms with Gasteiger partial charge in [-0.2, -0.15) is 0 Å². The molecule has 3 heteroatoms. The van der Waals surface area contributed by atoms with E-state index in [0.717, 1.165) is 12.2 Å². The van der Waals surface area contributed by atoms with Gasteiger partial charge in [0, 0.05) is 5.54 Å². The van der Waals surface area contributed by atoms with E-state index in [1.807, 2.05) is 38.1 Å². The smallest absolute Gasteiger partial charge is 0.261 e. The molecule has 0 radical (unpaired) electrons. The molecule has 1 aromatic carbocycles. The molecule has 1 atom stereocenters. The van der Waals surface area contributed by atoms with Gasteiger partial charge in [-0.05, 0) is 51.2 Å². The van der Waals surface area contributed by atoms with Crippen LogP contribution < -0.4 is 10.1 Å². The summed E-state index contributed by atoms with van der Waals surface area (Å²) in [6.45, 7) is 14.7. The average molecular weight is 305 g/mol. The van der Waals surface area contributed by atoms with Gasteiger partial charge >= 0.3 is 0 Å². The number of benzene rings is 1. The van der Waals surface area contributed by atoms with Crippen molar-refractivity contribution in [1.29, 1.82) is 0 Å². The van der Waals surface area contributed by atoms with Crippen LogP contribution in [0.1, 0.15) is 59.9 Å². The maximum atomic E-state index is 12.5. The molecule has 1 amide bonds. The van der Waals surface area contributed by atoms with Gasteiger partial charge in [-0.25, -0.2) is 0 Å². The molecule has 1 aromatic rings. The summed E-state index contributed by atoms with van der Waals surface area (Å²) in [4.78, 5) is 12.5. The SMILES string of the molecule is CC[C@@H](Oc1ccc(C)cc1)C(=O)NC(C)(C)CC(C)(C)C. The van der Waals surface area contributed by atoms with Crippen LogP contribution in [-0.2, 0) is 4.79 Å². The molecule has 0 heterocycles. The molecule has 0 bridgehead atoms. The van der Waals surface area contributed by atoms with E-state index in [0.29, 0.717) is 6.42 Å². The zero-order valence-electron chi connectivity index (χ0n) is 15.1. The number of aryl methyl sites for hydroxylation is 1. The highest BCUT2D eigenvalue weighted by molar-refractivity contribution is 5.81. The lowest BCUT2D eigenvalue weighted by Crippen LogP contribution is -2.50. The first-order valence-electron chi connectivity index (χ1n) is 8.08. The summed E-state index contributed by atoms with van der Waals surface area (Å²) >= 11 is 0. The van der Waals surface area contributed by atoms with Crippen molar-refractivity contribution < 1.29 is 9.53 Å². The van der Waals surface area contributed by atoms with E-state index < -0.39 is 6.10 Å². The maximum absolute atomic E-state index is 12.5. The van der Waals surface area contributed by atoms with Gasteiger partial charge in [0.05, 0.1) is 0 Å². The Morgan fingerprint density at radius 3 is 2.14 bits per heavy atom. The lowest BCUT2D eigenvalue weighted by molar-refractivity contribution is -0.130. The topological polar surface area (TPSA) is 38.3 Å². The van der Waals surface area contributed by atoms with Gasteiger partial charge in [0.2, 0.25) is 0 Å². The Hall–Kier alpha value is -1.51. The monoisotopic (exact) mass is 305 g/mol. The minimum Gasteiger partial charge on any atom is -0.481 e. The number of carbonyl (C=O) groups is 1. The Labute approximate surface area is 135 Å². The number of hydrogen-bond acceptors (Lipinski definition) is 2. The van der Waals surface area contributed by atoms with E-state index in [2.05, 4.69) is 39.9 Å². The van der Waals surface area contributed by atoms with E-state index in [1.165, 1.54) is 5.56 Å². The van der Waals surface area contributed by atoms with Crippen molar-refractivity contribution in [3.05, 3.63) is 29.8 Å². The molecule has 0 aliphatic heterocycles. The van der Waals surface area contributed by atoms with E-state index in [1.54, 1.807) is 0 Å². The first kappa shape index (κ1) is 18.5. The van der Waals surface area contributed by atoms with Gasteiger partial charge in [-0.15, -0.1) is 0 Å². The van der Waals surface area contributed by atoms with Crippen molar-refractivity contribution in [3.63, 3.8) is 0 Å². The second-order valence-electron chi connectivity index (χ2n) is 7.94. The Morgan fingerprint density at radius 1 is 1.14 bits per heavy atom. The molecule has 0 saturated heterocycles. The van der Waals surface area contributed by atoms with Crippen molar-refractivity contribution in [1.82, 2.24) is 5.32 Å². The second-order valence-corrected chi connectivity index (χ2v) is 7.94. The van der Waals surface area contributed by atoms with E-state index >= 15 is 0 Å². The number of nitrogens with one attached hydrogen (secondary N) is 1. The number of carbonyl (C=O) groups excluding carboxylic acids is 1. The zero-order valence-corrected chi connectivity index (χ0v) is 15.1. The number of amides is 1. The molecule has 0 unspecified atom stereocenters. The summed E-state index contributed by atoms with van der Waals surface area (Å²) in [5.74, 6) is 0.693. The minimum atomic E-state index is -0.457. The molecule has 3 nitrogen and oxygen atoms in total. The fraction of sp³-hybridized carbons (Fsp3) is 0.632. The molecule has 1 rings (SSSR count). The lowest BCUT2D eigenvalue weighted by atomic mass is 9.81. The summed E-state index contributed by atoms with van der Waals surface area (Å²) in [6.07, 6.45) is 1.10. The molecule has 0 fully saturated rings. The van der Waals surface area contributed by atoms with E-state index in [4.69, 9.17) is 4.74 Å². The standard InChI is InChI=1S/C19H31NO2/c1-8-16(22-15-11-9-14(2)10-12-15)17(21)20-19(6,7)13-18(3,4)5/h9-12,16H,8,13H2,1-7H3,(H,20,21)/t16-/m1/s1. The van der Waals surface area contributed by atoms with Gasteiger partial charge in [0.1, 0.15) is 5.75 Å². The molecule has 124 valence electrons. The van der Waals surface area contributed by atoms with Crippen LogP contribution in [-0.4, -0.2) is 17.6 Å². The molecule has 0 aliphatic carbocycles. The van der Waals surface area contributed by atoms with Crippen molar-refractivity contribution in [2.75, 3.05) is 0 Å². The van der Waals surface area contributed by atoms with Crippen LogP contribution in [0.15, 0.2) is 24.3 Å².